The van der Waals surface area contributed by atoms with Gasteiger partial charge in [-0.25, -0.2) is 8.78 Å². The number of halogens is 2. The molecule has 0 N–H and O–H groups in total. The van der Waals surface area contributed by atoms with E-state index < -0.39 is 0 Å². The van der Waals surface area contributed by atoms with Crippen molar-refractivity contribution in [2.24, 2.45) is 23.7 Å². The van der Waals surface area contributed by atoms with E-state index in [1.54, 1.807) is 22.7 Å². The first-order valence-corrected chi connectivity index (χ1v) is 36.7. The Kier molecular flexibility index (Phi) is 25.3. The molecule has 0 aliphatic rings. The normalized spacial score (nSPS) is 13.7. The van der Waals surface area contributed by atoms with Gasteiger partial charge < -0.3 is 9.13 Å². The van der Waals surface area contributed by atoms with Gasteiger partial charge in [0.1, 0.15) is 11.6 Å². The Morgan fingerprint density at radius 2 is 0.744 bits per heavy atom. The first-order chi connectivity index (χ1) is 40.0. The molecule has 2 aromatic carbocycles. The van der Waals surface area contributed by atoms with E-state index in [2.05, 4.69) is 127 Å². The van der Waals surface area contributed by atoms with Gasteiger partial charge in [0.05, 0.1) is 22.1 Å². The summed E-state index contributed by atoms with van der Waals surface area (Å²) in [6.45, 7) is 24.8. The van der Waals surface area contributed by atoms with Crippen LogP contribution in [-0.4, -0.2) is 9.13 Å². The molecule has 4 atom stereocenters. The topological polar surface area (TPSA) is 9.86 Å². The van der Waals surface area contributed by atoms with Crippen LogP contribution in [-0.2, 0) is 38.8 Å². The Hall–Kier alpha value is -3.56. The highest BCUT2D eigenvalue weighted by Crippen LogP contribution is 2.49. The lowest BCUT2D eigenvalue weighted by Gasteiger charge is -2.18. The summed E-state index contributed by atoms with van der Waals surface area (Å²) < 4.78 is 40.9. The van der Waals surface area contributed by atoms with Crippen LogP contribution < -0.4 is 0 Å². The maximum absolute atomic E-state index is 17.9. The lowest BCUT2D eigenvalue weighted by Crippen LogP contribution is -2.10. The minimum Gasteiger partial charge on any atom is -0.338 e. The van der Waals surface area contributed by atoms with Crippen LogP contribution in [0, 0.1) is 35.3 Å². The van der Waals surface area contributed by atoms with Crippen LogP contribution in [0.5, 0.6) is 0 Å². The lowest BCUT2D eigenvalue weighted by molar-refractivity contribution is 0.399. The fourth-order valence-corrected chi connectivity index (χ4v) is 18.0. The Morgan fingerprint density at radius 1 is 0.378 bits per heavy atom. The molecule has 82 heavy (non-hydrogen) atoms. The molecular weight excluding hydrogens is 1080 g/mol. The van der Waals surface area contributed by atoms with Crippen LogP contribution >= 0.6 is 45.3 Å². The minimum absolute atomic E-state index is 0.160. The van der Waals surface area contributed by atoms with Gasteiger partial charge >= 0.3 is 0 Å². The minimum atomic E-state index is -0.160. The number of aryl methyl sites for hydroxylation is 2. The van der Waals surface area contributed by atoms with Crippen LogP contribution in [0.3, 0.4) is 0 Å². The van der Waals surface area contributed by atoms with Crippen molar-refractivity contribution in [3.8, 4) is 40.4 Å². The van der Waals surface area contributed by atoms with Crippen molar-refractivity contribution in [1.82, 2.24) is 9.13 Å². The lowest BCUT2D eigenvalue weighted by atomic mass is 9.91. The molecule has 0 fully saturated rings. The molecule has 4 unspecified atom stereocenters. The molecule has 448 valence electrons. The van der Waals surface area contributed by atoms with Crippen LogP contribution in [0.15, 0.2) is 60.7 Å². The van der Waals surface area contributed by atoms with Gasteiger partial charge in [-0.1, -0.05) is 198 Å². The summed E-state index contributed by atoms with van der Waals surface area (Å²) in [5, 5.41) is 1.92. The molecule has 8 rings (SSSR count). The summed E-state index contributed by atoms with van der Waals surface area (Å²) in [4.78, 5) is 10.3. The highest BCUT2D eigenvalue weighted by Gasteiger charge is 2.29. The monoisotopic (exact) mass is 1190 g/mol. The molecule has 0 saturated carbocycles. The van der Waals surface area contributed by atoms with Crippen LogP contribution in [0.1, 0.15) is 244 Å². The average Bonchev–Trinajstić information content (AvgIpc) is 1.93. The second kappa shape index (κ2) is 32.3. The highest BCUT2D eigenvalue weighted by molar-refractivity contribution is 7.24. The summed E-state index contributed by atoms with van der Waals surface area (Å²) in [7, 11) is 0. The van der Waals surface area contributed by atoms with E-state index in [9.17, 15) is 0 Å². The third kappa shape index (κ3) is 15.7. The van der Waals surface area contributed by atoms with E-state index in [1.807, 2.05) is 34.8 Å². The van der Waals surface area contributed by atoms with Crippen molar-refractivity contribution in [3.63, 3.8) is 0 Å². The summed E-state index contributed by atoms with van der Waals surface area (Å²) in [5.74, 6) is 1.75. The zero-order valence-corrected chi connectivity index (χ0v) is 55.8. The quantitative estimate of drug-likeness (QED) is 0.0341. The van der Waals surface area contributed by atoms with Crippen molar-refractivity contribution in [2.45, 2.75) is 262 Å². The molecule has 8 aromatic rings. The molecule has 0 saturated heterocycles. The van der Waals surface area contributed by atoms with Gasteiger partial charge in [0.25, 0.3) is 0 Å². The highest BCUT2D eigenvalue weighted by atomic mass is 32.1. The molecule has 8 heteroatoms. The fraction of sp³-hybridized carbons (Fsp3) is 0.595. The molecular formula is C74H104F2N2S4. The van der Waals surface area contributed by atoms with Crippen molar-refractivity contribution < 1.29 is 8.78 Å². The Balaban J connectivity index is 1.33. The van der Waals surface area contributed by atoms with E-state index in [0.29, 0.717) is 34.8 Å². The number of benzene rings is 2. The number of rotatable bonds is 38. The number of hydrogen-bond acceptors (Lipinski definition) is 4. The van der Waals surface area contributed by atoms with Crippen molar-refractivity contribution >= 4 is 78.2 Å². The second-order valence-electron chi connectivity index (χ2n) is 24.8. The second-order valence-corrected chi connectivity index (χ2v) is 29.2. The summed E-state index contributed by atoms with van der Waals surface area (Å²) in [5.41, 5.74) is 8.45. The zero-order valence-electron chi connectivity index (χ0n) is 52.6. The summed E-state index contributed by atoms with van der Waals surface area (Å²) >= 11 is 7.51. The molecule has 0 amide bonds. The molecule has 6 heterocycles. The molecule has 2 nitrogen and oxygen atoms in total. The maximum Gasteiger partial charge on any atom is 0.132 e. The van der Waals surface area contributed by atoms with E-state index >= 15 is 8.78 Å². The first-order valence-electron chi connectivity index (χ1n) is 33.5. The predicted octanol–water partition coefficient (Wildman–Crippen LogP) is 26.1. The van der Waals surface area contributed by atoms with Crippen molar-refractivity contribution in [2.75, 3.05) is 0 Å². The third-order valence-corrected chi connectivity index (χ3v) is 23.6. The van der Waals surface area contributed by atoms with Gasteiger partial charge in [0.2, 0.25) is 0 Å². The molecule has 0 radical (unpaired) electrons. The number of aromatic nitrogens is 2. The summed E-state index contributed by atoms with van der Waals surface area (Å²) in [6.07, 6.45) is 33.1. The standard InChI is InChI=1S/C74H104F2N2S4/c1-11-21-27-29-35-57-37-39-67(79-57)73-55(41-51(17-7)31-23-13-3)43-69(81-73)59-47-65-61(45-63(59)75)71-72(77(65)49-53(19-9)33-25-15-5)62-46-64(76)60(48-66(62)78(71)50-54(20-10)34-26-16-6)70-44-56(42-52(18-8)32-24-14-4)74(82-70)68-40-38-58(80-68)36-30-28-22-12-2/h37-40,43-48,51-54H,11-36,41-42,49-50H2,1-10H3. The number of thiophene rings is 4. The van der Waals surface area contributed by atoms with Crippen LogP contribution in [0.4, 0.5) is 8.78 Å². The number of hydrogen-bond donors (Lipinski definition) is 0. The predicted molar refractivity (Wildman–Crippen MR) is 364 cm³/mol. The van der Waals surface area contributed by atoms with Crippen LogP contribution in [0.2, 0.25) is 0 Å². The Labute approximate surface area is 511 Å². The molecule has 0 spiro atoms. The van der Waals surface area contributed by atoms with Crippen molar-refractivity contribution in [1.29, 1.82) is 0 Å². The Morgan fingerprint density at radius 3 is 1.10 bits per heavy atom. The third-order valence-electron chi connectivity index (χ3n) is 18.6. The van der Waals surface area contributed by atoms with Gasteiger partial charge in [-0.3, -0.25) is 0 Å². The molecule has 0 aliphatic carbocycles. The van der Waals surface area contributed by atoms with E-state index in [1.165, 1.54) is 143 Å². The van der Waals surface area contributed by atoms with E-state index in [-0.39, 0.29) is 11.6 Å². The van der Waals surface area contributed by atoms with Gasteiger partial charge in [-0.2, -0.15) is 0 Å². The maximum atomic E-state index is 17.9. The largest absolute Gasteiger partial charge is 0.338 e. The Bertz CT molecular complexity index is 2990. The van der Waals surface area contributed by atoms with Gasteiger partial charge in [0.15, 0.2) is 0 Å². The smallest absolute Gasteiger partial charge is 0.132 e. The average molecular weight is 1190 g/mol. The van der Waals surface area contributed by atoms with Gasteiger partial charge in [-0.05, 0) is 147 Å². The number of nitrogens with zero attached hydrogens (tertiary/aromatic N) is 2. The van der Waals surface area contributed by atoms with Gasteiger partial charge in [-0.15, -0.1) is 45.3 Å². The van der Waals surface area contributed by atoms with Gasteiger partial charge in [0, 0.05) is 74.0 Å². The molecule has 0 bridgehead atoms. The van der Waals surface area contributed by atoms with E-state index in [0.717, 1.165) is 133 Å². The zero-order chi connectivity index (χ0) is 58.1. The van der Waals surface area contributed by atoms with Crippen molar-refractivity contribution in [3.05, 3.63) is 93.2 Å². The first kappa shape index (κ1) is 64.4. The van der Waals surface area contributed by atoms with E-state index in [4.69, 9.17) is 0 Å². The SMILES string of the molecule is CCCCCCc1ccc(-c2sc(-c3cc4c(cc3F)c3c(c5cc(F)c(-c6cc(CC(CC)CCCC)c(-c7ccc(CCCCCC)s7)s6)cc5n3CC(CC)CCCC)n4CC(CC)CCCC)cc2CC(CC)CCCC)s1. The number of unbranched alkanes of at least 4 members (excludes halogenated alkanes) is 10. The van der Waals surface area contributed by atoms with Crippen LogP contribution in [0.25, 0.3) is 73.2 Å². The molecule has 0 aliphatic heterocycles. The summed E-state index contributed by atoms with van der Waals surface area (Å²) in [6, 6.07) is 22.4. The molecule has 6 aromatic heterocycles. The fourth-order valence-electron chi connectivity index (χ4n) is 13.2. The number of fused-ring (bicyclic) bond motifs is 5.